The van der Waals surface area contributed by atoms with Gasteiger partial charge < -0.3 is 9.88 Å². The largest absolute Gasteiger partial charge is 0.355 e. The first-order chi connectivity index (χ1) is 10.6. The maximum absolute atomic E-state index is 11.8. The summed E-state index contributed by atoms with van der Waals surface area (Å²) in [4.78, 5) is 14.2. The van der Waals surface area contributed by atoms with Crippen molar-refractivity contribution >= 4 is 28.6 Å². The maximum Gasteiger partial charge on any atom is 0.251 e. The van der Waals surface area contributed by atoms with E-state index in [4.69, 9.17) is 0 Å². The zero-order valence-corrected chi connectivity index (χ0v) is 13.7. The van der Waals surface area contributed by atoms with E-state index in [1.807, 2.05) is 25.2 Å². The van der Waals surface area contributed by atoms with Gasteiger partial charge in [-0.3, -0.25) is 4.79 Å². The molecule has 0 radical (unpaired) electrons. The summed E-state index contributed by atoms with van der Waals surface area (Å²) in [5.74, 6) is -0.0583. The lowest BCUT2D eigenvalue weighted by molar-refractivity contribution is 0.0963. The number of aromatic nitrogens is 1. The standard InChI is InChI=1S/C18H18N2OS/c1-12-4-7-14(8-5-12)22-17-11-20(3)16-9-6-13(10-15(16)17)18(21)19-2/h4-11H,1-3H3,(H,19,21). The van der Waals surface area contributed by atoms with Crippen LogP contribution in [0.1, 0.15) is 15.9 Å². The fourth-order valence-corrected chi connectivity index (χ4v) is 3.47. The first-order valence-corrected chi connectivity index (χ1v) is 7.96. The molecule has 0 aliphatic rings. The number of hydrogen-bond donors (Lipinski definition) is 1. The van der Waals surface area contributed by atoms with Crippen molar-refractivity contribution in [3.05, 3.63) is 59.8 Å². The van der Waals surface area contributed by atoms with Crippen LogP contribution in [-0.2, 0) is 7.05 Å². The third-order valence-corrected chi connectivity index (χ3v) is 4.74. The molecule has 1 N–H and O–H groups in total. The summed E-state index contributed by atoms with van der Waals surface area (Å²) < 4.78 is 2.10. The summed E-state index contributed by atoms with van der Waals surface area (Å²) in [5.41, 5.74) is 3.07. The van der Waals surface area contributed by atoms with Gasteiger partial charge in [0.05, 0.1) is 0 Å². The van der Waals surface area contributed by atoms with E-state index in [1.165, 1.54) is 10.5 Å². The number of rotatable bonds is 3. The van der Waals surface area contributed by atoms with Crippen LogP contribution in [0.15, 0.2) is 58.5 Å². The lowest BCUT2D eigenvalue weighted by Crippen LogP contribution is -2.17. The summed E-state index contributed by atoms with van der Waals surface area (Å²) in [7, 11) is 3.68. The highest BCUT2D eigenvalue weighted by molar-refractivity contribution is 7.99. The molecular weight excluding hydrogens is 292 g/mol. The van der Waals surface area contributed by atoms with E-state index >= 15 is 0 Å². The number of nitrogens with one attached hydrogen (secondary N) is 1. The van der Waals surface area contributed by atoms with Crippen molar-refractivity contribution in [1.29, 1.82) is 0 Å². The molecule has 3 nitrogen and oxygen atoms in total. The normalized spacial score (nSPS) is 10.9. The fraction of sp³-hybridized carbons (Fsp3) is 0.167. The van der Waals surface area contributed by atoms with Gasteiger partial charge in [-0.1, -0.05) is 29.5 Å². The summed E-state index contributed by atoms with van der Waals surface area (Å²) in [6, 6.07) is 14.3. The average molecular weight is 310 g/mol. The first-order valence-electron chi connectivity index (χ1n) is 7.14. The highest BCUT2D eigenvalue weighted by Crippen LogP contribution is 2.35. The Hall–Kier alpha value is -2.20. The Morgan fingerprint density at radius 2 is 1.86 bits per heavy atom. The zero-order valence-electron chi connectivity index (χ0n) is 12.9. The molecule has 4 heteroatoms. The molecule has 0 bridgehead atoms. The number of amides is 1. The molecule has 0 saturated heterocycles. The average Bonchev–Trinajstić information content (AvgIpc) is 2.84. The molecule has 1 heterocycles. The van der Waals surface area contributed by atoms with E-state index in [0.29, 0.717) is 5.56 Å². The Labute approximate surface area is 134 Å². The lowest BCUT2D eigenvalue weighted by atomic mass is 10.1. The van der Waals surface area contributed by atoms with Crippen LogP contribution in [0.3, 0.4) is 0 Å². The minimum Gasteiger partial charge on any atom is -0.355 e. The van der Waals surface area contributed by atoms with Crippen LogP contribution < -0.4 is 5.32 Å². The minimum atomic E-state index is -0.0583. The van der Waals surface area contributed by atoms with Gasteiger partial charge in [0.1, 0.15) is 0 Å². The third kappa shape index (κ3) is 2.74. The summed E-state index contributed by atoms with van der Waals surface area (Å²) in [6.45, 7) is 2.09. The molecule has 0 fully saturated rings. The summed E-state index contributed by atoms with van der Waals surface area (Å²) in [6.07, 6.45) is 2.11. The molecule has 0 aliphatic heterocycles. The molecule has 0 unspecified atom stereocenters. The first kappa shape index (κ1) is 14.7. The number of carbonyl (C=O) groups excluding carboxylic acids is 1. The number of fused-ring (bicyclic) bond motifs is 1. The van der Waals surface area contributed by atoms with Crippen LogP contribution in [-0.4, -0.2) is 17.5 Å². The van der Waals surface area contributed by atoms with Crippen molar-refractivity contribution < 1.29 is 4.79 Å². The predicted octanol–water partition coefficient (Wildman–Crippen LogP) is 4.00. The van der Waals surface area contributed by atoms with Gasteiger partial charge >= 0.3 is 0 Å². The molecule has 2 aromatic carbocycles. The van der Waals surface area contributed by atoms with Crippen molar-refractivity contribution in [2.45, 2.75) is 16.7 Å². The van der Waals surface area contributed by atoms with Crippen LogP contribution >= 0.6 is 11.8 Å². The third-order valence-electron chi connectivity index (χ3n) is 3.69. The molecule has 22 heavy (non-hydrogen) atoms. The van der Waals surface area contributed by atoms with Crippen LogP contribution in [0.2, 0.25) is 0 Å². The van der Waals surface area contributed by atoms with E-state index in [9.17, 15) is 4.79 Å². The Bertz CT molecular complexity index is 834. The molecular formula is C18H18N2OS. The number of hydrogen-bond acceptors (Lipinski definition) is 2. The topological polar surface area (TPSA) is 34.0 Å². The maximum atomic E-state index is 11.8. The number of aryl methyl sites for hydroxylation is 2. The second kappa shape index (κ2) is 5.89. The second-order valence-electron chi connectivity index (χ2n) is 5.33. The zero-order chi connectivity index (χ0) is 15.7. The molecule has 1 aromatic heterocycles. The van der Waals surface area contributed by atoms with Crippen LogP contribution in [0.4, 0.5) is 0 Å². The van der Waals surface area contributed by atoms with Gasteiger partial charge in [0.15, 0.2) is 0 Å². The van der Waals surface area contributed by atoms with Crippen molar-refractivity contribution in [1.82, 2.24) is 9.88 Å². The van der Waals surface area contributed by atoms with E-state index in [1.54, 1.807) is 18.8 Å². The number of benzene rings is 2. The molecule has 0 atom stereocenters. The highest BCUT2D eigenvalue weighted by atomic mass is 32.2. The van der Waals surface area contributed by atoms with E-state index in [0.717, 1.165) is 15.8 Å². The van der Waals surface area contributed by atoms with Crippen LogP contribution in [0.5, 0.6) is 0 Å². The monoisotopic (exact) mass is 310 g/mol. The Kier molecular flexibility index (Phi) is 3.94. The van der Waals surface area contributed by atoms with E-state index in [2.05, 4.69) is 47.3 Å². The SMILES string of the molecule is CNC(=O)c1ccc2c(c1)c(Sc1ccc(C)cc1)cn2C. The second-order valence-corrected chi connectivity index (χ2v) is 6.45. The minimum absolute atomic E-state index is 0.0583. The lowest BCUT2D eigenvalue weighted by Gasteiger charge is -2.03. The quantitative estimate of drug-likeness (QED) is 0.793. The van der Waals surface area contributed by atoms with Crippen LogP contribution in [0.25, 0.3) is 10.9 Å². The summed E-state index contributed by atoms with van der Waals surface area (Å²) in [5, 5.41) is 3.78. The smallest absolute Gasteiger partial charge is 0.251 e. The number of carbonyl (C=O) groups is 1. The van der Waals surface area contributed by atoms with Gasteiger partial charge in [0, 0.05) is 46.5 Å². The number of nitrogens with zero attached hydrogens (tertiary/aromatic N) is 1. The predicted molar refractivity (Wildman–Crippen MR) is 91.6 cm³/mol. The van der Waals surface area contributed by atoms with Crippen molar-refractivity contribution in [3.63, 3.8) is 0 Å². The Morgan fingerprint density at radius 3 is 2.55 bits per heavy atom. The van der Waals surface area contributed by atoms with Gasteiger partial charge in [0.2, 0.25) is 0 Å². The van der Waals surface area contributed by atoms with E-state index < -0.39 is 0 Å². The fourth-order valence-electron chi connectivity index (χ4n) is 2.46. The Balaban J connectivity index is 2.04. The van der Waals surface area contributed by atoms with E-state index in [-0.39, 0.29) is 5.91 Å². The molecule has 112 valence electrons. The molecule has 0 aliphatic carbocycles. The van der Waals surface area contributed by atoms with Gasteiger partial charge in [-0.2, -0.15) is 0 Å². The van der Waals surface area contributed by atoms with Gasteiger partial charge in [-0.25, -0.2) is 0 Å². The highest BCUT2D eigenvalue weighted by Gasteiger charge is 2.11. The van der Waals surface area contributed by atoms with Gasteiger partial charge in [-0.05, 0) is 37.3 Å². The Morgan fingerprint density at radius 1 is 1.14 bits per heavy atom. The molecule has 1 amide bonds. The van der Waals surface area contributed by atoms with Gasteiger partial charge in [0.25, 0.3) is 5.91 Å². The van der Waals surface area contributed by atoms with Crippen molar-refractivity contribution in [3.8, 4) is 0 Å². The van der Waals surface area contributed by atoms with Crippen molar-refractivity contribution in [2.24, 2.45) is 7.05 Å². The molecule has 0 saturated carbocycles. The van der Waals surface area contributed by atoms with Crippen molar-refractivity contribution in [2.75, 3.05) is 7.05 Å². The summed E-state index contributed by atoms with van der Waals surface area (Å²) >= 11 is 1.72. The molecule has 3 rings (SSSR count). The van der Waals surface area contributed by atoms with Gasteiger partial charge in [-0.15, -0.1) is 0 Å². The molecule has 3 aromatic rings. The van der Waals surface area contributed by atoms with Crippen LogP contribution in [0, 0.1) is 6.92 Å². The molecule has 0 spiro atoms.